The van der Waals surface area contributed by atoms with E-state index >= 15 is 0 Å². The van der Waals surface area contributed by atoms with Crippen LogP contribution in [0.5, 0.6) is 0 Å². The number of hydrogen-bond donors (Lipinski definition) is 2. The molecule has 132 valence electrons. The smallest absolute Gasteiger partial charge is 0.373 e. The molecule has 1 heterocycles. The van der Waals surface area contributed by atoms with E-state index in [1.807, 2.05) is 31.2 Å². The first-order valence-electron chi connectivity index (χ1n) is 8.27. The first-order chi connectivity index (χ1) is 12.1. The number of aryl methyl sites for hydroxylation is 1. The predicted molar refractivity (Wildman–Crippen MR) is 92.1 cm³/mol. The van der Waals surface area contributed by atoms with Gasteiger partial charge in [0.15, 0.2) is 0 Å². The van der Waals surface area contributed by atoms with Crippen molar-refractivity contribution in [2.45, 2.75) is 45.1 Å². The molecular formula is C18H22N4O3. The van der Waals surface area contributed by atoms with E-state index in [1.54, 1.807) is 10.9 Å². The van der Waals surface area contributed by atoms with Crippen molar-refractivity contribution in [3.63, 3.8) is 0 Å². The van der Waals surface area contributed by atoms with Crippen molar-refractivity contribution in [3.8, 4) is 5.69 Å². The number of carbonyl (C=O) groups is 1. The van der Waals surface area contributed by atoms with Crippen molar-refractivity contribution in [3.05, 3.63) is 41.6 Å². The summed E-state index contributed by atoms with van der Waals surface area (Å²) in [7, 11) is 0. The van der Waals surface area contributed by atoms with Crippen molar-refractivity contribution in [2.24, 2.45) is 0 Å². The van der Waals surface area contributed by atoms with Crippen LogP contribution in [0.2, 0.25) is 0 Å². The third-order valence-electron chi connectivity index (χ3n) is 4.24. The van der Waals surface area contributed by atoms with Gasteiger partial charge in [-0.3, -0.25) is 4.79 Å². The average molecular weight is 342 g/mol. The summed E-state index contributed by atoms with van der Waals surface area (Å²) in [6.07, 6.45) is 7.54. The Hall–Kier alpha value is -2.92. The van der Waals surface area contributed by atoms with Gasteiger partial charge in [-0.15, -0.1) is 0 Å². The molecule has 0 spiro atoms. The molecule has 7 nitrogen and oxygen atoms in total. The Bertz CT molecular complexity index is 757. The van der Waals surface area contributed by atoms with Gasteiger partial charge in [-0.1, -0.05) is 31.4 Å². The van der Waals surface area contributed by atoms with E-state index in [4.69, 9.17) is 15.3 Å². The lowest BCUT2D eigenvalue weighted by atomic mass is 9.95. The number of hydrogen-bond acceptors (Lipinski definition) is 5. The van der Waals surface area contributed by atoms with E-state index in [-0.39, 0.29) is 18.1 Å². The molecule has 1 aliphatic rings. The van der Waals surface area contributed by atoms with Crippen LogP contribution in [-0.4, -0.2) is 27.9 Å². The fourth-order valence-corrected chi connectivity index (χ4v) is 3.01. The molecule has 2 aromatic rings. The van der Waals surface area contributed by atoms with Crippen molar-refractivity contribution in [1.82, 2.24) is 15.1 Å². The zero-order valence-corrected chi connectivity index (χ0v) is 14.2. The Labute approximate surface area is 146 Å². The number of rotatable bonds is 3. The molecule has 7 heteroatoms. The van der Waals surface area contributed by atoms with E-state index in [2.05, 4.69) is 10.4 Å². The topological polar surface area (TPSA) is 107 Å². The highest BCUT2D eigenvalue weighted by Crippen LogP contribution is 2.20. The SMILES string of the molecule is Cc1cccc(-n2ncc(C(=O)NC3CCCCC3)c2N)c1.O=C=O. The predicted octanol–water partition coefficient (Wildman–Crippen LogP) is 2.24. The lowest BCUT2D eigenvalue weighted by Gasteiger charge is -2.22. The van der Waals surface area contributed by atoms with Crippen LogP contribution in [0.25, 0.3) is 5.69 Å². The lowest BCUT2D eigenvalue weighted by molar-refractivity contribution is -0.191. The van der Waals surface area contributed by atoms with Gasteiger partial charge in [0, 0.05) is 6.04 Å². The molecule has 0 bridgehead atoms. The molecule has 3 N–H and O–H groups in total. The van der Waals surface area contributed by atoms with Gasteiger partial charge in [-0.2, -0.15) is 14.7 Å². The fraction of sp³-hybridized carbons (Fsp3) is 0.389. The second-order valence-corrected chi connectivity index (χ2v) is 6.09. The van der Waals surface area contributed by atoms with Crippen molar-refractivity contribution >= 4 is 17.9 Å². The Kier molecular flexibility index (Phi) is 6.48. The fourth-order valence-electron chi connectivity index (χ4n) is 3.01. The molecule has 1 aliphatic carbocycles. The summed E-state index contributed by atoms with van der Waals surface area (Å²) < 4.78 is 1.61. The number of nitrogens with one attached hydrogen (secondary N) is 1. The minimum Gasteiger partial charge on any atom is -0.383 e. The molecule has 0 radical (unpaired) electrons. The van der Waals surface area contributed by atoms with Crippen LogP contribution < -0.4 is 11.1 Å². The average Bonchev–Trinajstić information content (AvgIpc) is 2.98. The molecule has 1 aromatic heterocycles. The highest BCUT2D eigenvalue weighted by molar-refractivity contribution is 5.98. The molecule has 1 saturated carbocycles. The summed E-state index contributed by atoms with van der Waals surface area (Å²) in [5.41, 5.74) is 8.58. The molecule has 1 aromatic carbocycles. The molecule has 0 atom stereocenters. The summed E-state index contributed by atoms with van der Waals surface area (Å²) in [6, 6.07) is 8.15. The van der Waals surface area contributed by atoms with E-state index in [0.29, 0.717) is 11.4 Å². The second-order valence-electron chi connectivity index (χ2n) is 6.09. The van der Waals surface area contributed by atoms with Gasteiger partial charge in [0.05, 0.1) is 11.9 Å². The summed E-state index contributed by atoms with van der Waals surface area (Å²) >= 11 is 0. The third-order valence-corrected chi connectivity index (χ3v) is 4.24. The van der Waals surface area contributed by atoms with Crippen LogP contribution >= 0.6 is 0 Å². The van der Waals surface area contributed by atoms with Gasteiger partial charge in [-0.05, 0) is 37.5 Å². The molecule has 0 unspecified atom stereocenters. The van der Waals surface area contributed by atoms with Crippen LogP contribution in [0.4, 0.5) is 5.82 Å². The van der Waals surface area contributed by atoms with Crippen LogP contribution in [0.3, 0.4) is 0 Å². The molecule has 0 saturated heterocycles. The zero-order valence-electron chi connectivity index (χ0n) is 14.2. The van der Waals surface area contributed by atoms with Gasteiger partial charge in [0.1, 0.15) is 11.4 Å². The van der Waals surface area contributed by atoms with Gasteiger partial charge in [0.2, 0.25) is 0 Å². The van der Waals surface area contributed by atoms with Crippen LogP contribution in [0.1, 0.15) is 48.0 Å². The van der Waals surface area contributed by atoms with E-state index in [0.717, 1.165) is 24.1 Å². The van der Waals surface area contributed by atoms with Gasteiger partial charge >= 0.3 is 6.15 Å². The van der Waals surface area contributed by atoms with Crippen LogP contribution in [0.15, 0.2) is 30.5 Å². The maximum Gasteiger partial charge on any atom is 0.373 e. The molecule has 3 rings (SSSR count). The van der Waals surface area contributed by atoms with Crippen LogP contribution in [-0.2, 0) is 9.59 Å². The second kappa shape index (κ2) is 8.80. The zero-order chi connectivity index (χ0) is 18.2. The van der Waals surface area contributed by atoms with Crippen molar-refractivity contribution < 1.29 is 14.4 Å². The number of nitrogen functional groups attached to an aromatic ring is 1. The highest BCUT2D eigenvalue weighted by atomic mass is 16.2. The summed E-state index contributed by atoms with van der Waals surface area (Å²) in [5.74, 6) is 0.266. The number of nitrogens with zero attached hydrogens (tertiary/aromatic N) is 2. The van der Waals surface area contributed by atoms with Crippen molar-refractivity contribution in [1.29, 1.82) is 0 Å². The maximum absolute atomic E-state index is 12.4. The standard InChI is InChI=1S/C17H22N4O.CO2/c1-12-6-5-9-14(10-12)21-16(18)15(11-19-21)17(22)20-13-7-3-2-4-8-13;2-1-3/h5-6,9-11,13H,2-4,7-8,18H2,1H3,(H,20,22);. The largest absolute Gasteiger partial charge is 0.383 e. The first-order valence-corrected chi connectivity index (χ1v) is 8.27. The number of nitrogens with two attached hydrogens (primary N) is 1. The Morgan fingerprint density at radius 3 is 2.60 bits per heavy atom. The molecule has 1 fully saturated rings. The Morgan fingerprint density at radius 2 is 1.96 bits per heavy atom. The first kappa shape index (κ1) is 18.4. The molecule has 25 heavy (non-hydrogen) atoms. The van der Waals surface area contributed by atoms with Crippen molar-refractivity contribution in [2.75, 3.05) is 5.73 Å². The number of amides is 1. The van der Waals surface area contributed by atoms with Gasteiger partial charge in [-0.25, -0.2) is 4.68 Å². The van der Waals surface area contributed by atoms with Gasteiger partial charge < -0.3 is 11.1 Å². The quantitative estimate of drug-likeness (QED) is 0.889. The summed E-state index contributed by atoms with van der Waals surface area (Å²) in [4.78, 5) is 28.7. The maximum atomic E-state index is 12.4. The number of carbonyl (C=O) groups excluding carboxylic acids is 3. The Morgan fingerprint density at radius 1 is 1.28 bits per heavy atom. The van der Waals surface area contributed by atoms with Crippen LogP contribution in [0, 0.1) is 6.92 Å². The molecule has 1 amide bonds. The number of benzene rings is 1. The van der Waals surface area contributed by atoms with E-state index in [9.17, 15) is 4.79 Å². The Balaban J connectivity index is 0.000000701. The van der Waals surface area contributed by atoms with E-state index in [1.165, 1.54) is 19.3 Å². The third kappa shape index (κ3) is 4.78. The lowest BCUT2D eigenvalue weighted by Crippen LogP contribution is -2.36. The van der Waals surface area contributed by atoms with Gasteiger partial charge in [0.25, 0.3) is 5.91 Å². The van der Waals surface area contributed by atoms with E-state index < -0.39 is 0 Å². The normalized spacial score (nSPS) is 14.1. The summed E-state index contributed by atoms with van der Waals surface area (Å²) in [6.45, 7) is 2.01. The number of aromatic nitrogens is 2. The minimum atomic E-state index is -0.122. The molecule has 0 aliphatic heterocycles. The monoisotopic (exact) mass is 342 g/mol. The molecular weight excluding hydrogens is 320 g/mol. The minimum absolute atomic E-state index is 0.122. The number of anilines is 1. The highest BCUT2D eigenvalue weighted by Gasteiger charge is 2.20. The summed E-state index contributed by atoms with van der Waals surface area (Å²) in [5, 5.41) is 7.35.